The van der Waals surface area contributed by atoms with E-state index in [0.717, 1.165) is 6.42 Å². The monoisotopic (exact) mass is 339 g/mol. The molecule has 2 atom stereocenters. The molecule has 23 heavy (non-hydrogen) atoms. The quantitative estimate of drug-likeness (QED) is 0.580. The van der Waals surface area contributed by atoms with E-state index in [1.807, 2.05) is 0 Å². The fourth-order valence-corrected chi connectivity index (χ4v) is 2.78. The molecule has 1 aliphatic rings. The van der Waals surface area contributed by atoms with Gasteiger partial charge in [0.2, 0.25) is 0 Å². The molecule has 1 amide bonds. The van der Waals surface area contributed by atoms with E-state index >= 15 is 0 Å². The van der Waals surface area contributed by atoms with E-state index in [9.17, 15) is 9.18 Å². The van der Waals surface area contributed by atoms with Crippen molar-refractivity contribution in [1.29, 1.82) is 0 Å². The molecule has 1 aliphatic carbocycles. The van der Waals surface area contributed by atoms with Crippen LogP contribution in [0.15, 0.2) is 24.3 Å². The summed E-state index contributed by atoms with van der Waals surface area (Å²) >= 11 is 5.18. The maximum atomic E-state index is 12.7. The minimum Gasteiger partial charge on any atom is -0.484 e. The zero-order chi connectivity index (χ0) is 16.7. The topological polar surface area (TPSA) is 62.4 Å². The summed E-state index contributed by atoms with van der Waals surface area (Å²) in [4.78, 5) is 11.7. The summed E-state index contributed by atoms with van der Waals surface area (Å²) in [7, 11) is 0. The highest BCUT2D eigenvalue weighted by atomic mass is 32.1. The minimum absolute atomic E-state index is 0.179. The Hall–Kier alpha value is -1.89. The van der Waals surface area contributed by atoms with E-state index in [0.29, 0.717) is 22.8 Å². The number of ether oxygens (including phenoxy) is 1. The molecular formula is C16H22FN3O2S. The number of benzene rings is 1. The highest BCUT2D eigenvalue weighted by Crippen LogP contribution is 2.23. The van der Waals surface area contributed by atoms with Crippen molar-refractivity contribution in [2.24, 2.45) is 5.92 Å². The second-order valence-corrected chi connectivity index (χ2v) is 6.17. The average molecular weight is 339 g/mol. The summed E-state index contributed by atoms with van der Waals surface area (Å²) in [5.41, 5.74) is 5.15. The number of hydrogen-bond acceptors (Lipinski definition) is 3. The maximum absolute atomic E-state index is 12.7. The summed E-state index contributed by atoms with van der Waals surface area (Å²) in [5.74, 6) is 0.284. The molecule has 0 bridgehead atoms. The van der Waals surface area contributed by atoms with E-state index in [2.05, 4.69) is 23.1 Å². The van der Waals surface area contributed by atoms with Gasteiger partial charge in [0.25, 0.3) is 5.91 Å². The van der Waals surface area contributed by atoms with Gasteiger partial charge in [-0.1, -0.05) is 19.8 Å². The fraction of sp³-hybridized carbons (Fsp3) is 0.500. The van der Waals surface area contributed by atoms with Crippen LogP contribution >= 0.6 is 12.2 Å². The highest BCUT2D eigenvalue weighted by Gasteiger charge is 2.21. The Bertz CT molecular complexity index is 539. The lowest BCUT2D eigenvalue weighted by Gasteiger charge is -2.30. The van der Waals surface area contributed by atoms with Crippen molar-refractivity contribution in [3.05, 3.63) is 30.1 Å². The average Bonchev–Trinajstić information content (AvgIpc) is 2.54. The molecular weight excluding hydrogens is 317 g/mol. The fourth-order valence-electron chi connectivity index (χ4n) is 2.58. The smallest absolute Gasteiger partial charge is 0.276 e. The molecule has 0 unspecified atom stereocenters. The second-order valence-electron chi connectivity index (χ2n) is 5.76. The summed E-state index contributed by atoms with van der Waals surface area (Å²) in [6.45, 7) is 2.02. The number of carbonyl (C=O) groups excluding carboxylic acids is 1. The van der Waals surface area contributed by atoms with Gasteiger partial charge in [-0.2, -0.15) is 0 Å². The predicted octanol–water partition coefficient (Wildman–Crippen LogP) is 2.28. The van der Waals surface area contributed by atoms with Crippen molar-refractivity contribution < 1.29 is 13.9 Å². The summed E-state index contributed by atoms with van der Waals surface area (Å²) in [5, 5.41) is 3.63. The van der Waals surface area contributed by atoms with E-state index in [1.54, 1.807) is 0 Å². The van der Waals surface area contributed by atoms with Crippen LogP contribution in [0.5, 0.6) is 5.75 Å². The van der Waals surface area contributed by atoms with Gasteiger partial charge in [-0.25, -0.2) is 4.39 Å². The normalized spacial score (nSPS) is 20.4. The molecule has 2 rings (SSSR count). The van der Waals surface area contributed by atoms with Gasteiger partial charge in [0.15, 0.2) is 11.7 Å². The Morgan fingerprint density at radius 3 is 2.65 bits per heavy atom. The van der Waals surface area contributed by atoms with Gasteiger partial charge in [-0.3, -0.25) is 15.6 Å². The van der Waals surface area contributed by atoms with Crippen molar-refractivity contribution in [3.8, 4) is 5.75 Å². The highest BCUT2D eigenvalue weighted by molar-refractivity contribution is 7.80. The Labute approximate surface area is 140 Å². The van der Waals surface area contributed by atoms with Crippen LogP contribution in [-0.4, -0.2) is 23.7 Å². The zero-order valence-corrected chi connectivity index (χ0v) is 13.9. The van der Waals surface area contributed by atoms with Crippen molar-refractivity contribution in [2.45, 2.75) is 38.6 Å². The zero-order valence-electron chi connectivity index (χ0n) is 13.1. The van der Waals surface area contributed by atoms with Crippen molar-refractivity contribution in [3.63, 3.8) is 0 Å². The number of amides is 1. The van der Waals surface area contributed by atoms with Crippen LogP contribution in [0.25, 0.3) is 0 Å². The first-order valence-electron chi connectivity index (χ1n) is 7.78. The predicted molar refractivity (Wildman–Crippen MR) is 90.3 cm³/mol. The van der Waals surface area contributed by atoms with E-state index in [-0.39, 0.29) is 18.3 Å². The molecule has 1 aromatic carbocycles. The molecule has 1 saturated carbocycles. The third-order valence-corrected chi connectivity index (χ3v) is 4.15. The van der Waals surface area contributed by atoms with Gasteiger partial charge < -0.3 is 10.1 Å². The minimum atomic E-state index is -0.366. The van der Waals surface area contributed by atoms with Gasteiger partial charge >= 0.3 is 0 Å². The van der Waals surface area contributed by atoms with Crippen LogP contribution in [0.4, 0.5) is 4.39 Å². The molecule has 0 saturated heterocycles. The molecule has 3 N–H and O–H groups in total. The molecule has 126 valence electrons. The number of rotatable bonds is 4. The number of thiocarbonyl (C=S) groups is 1. The second kappa shape index (κ2) is 8.67. The van der Waals surface area contributed by atoms with E-state index < -0.39 is 0 Å². The summed E-state index contributed by atoms with van der Waals surface area (Å²) < 4.78 is 18.0. The van der Waals surface area contributed by atoms with Crippen LogP contribution in [0.2, 0.25) is 0 Å². The van der Waals surface area contributed by atoms with Crippen molar-refractivity contribution in [1.82, 2.24) is 16.2 Å². The van der Waals surface area contributed by atoms with E-state index in [1.165, 1.54) is 43.5 Å². The van der Waals surface area contributed by atoms with Crippen LogP contribution in [0, 0.1) is 11.7 Å². The number of carbonyl (C=O) groups is 1. The van der Waals surface area contributed by atoms with Gasteiger partial charge in [-0.05, 0) is 55.2 Å². The van der Waals surface area contributed by atoms with Crippen LogP contribution in [0.3, 0.4) is 0 Å². The van der Waals surface area contributed by atoms with Crippen molar-refractivity contribution in [2.75, 3.05) is 6.61 Å². The van der Waals surface area contributed by atoms with Gasteiger partial charge in [-0.15, -0.1) is 0 Å². The first-order chi connectivity index (χ1) is 11.0. The number of nitrogens with one attached hydrogen (secondary N) is 3. The third kappa shape index (κ3) is 6.02. The molecule has 1 fully saturated rings. The lowest BCUT2D eigenvalue weighted by Crippen LogP contribution is -2.52. The van der Waals surface area contributed by atoms with Crippen LogP contribution in [-0.2, 0) is 4.79 Å². The Kier molecular flexibility index (Phi) is 6.58. The molecule has 1 aromatic rings. The third-order valence-electron chi connectivity index (χ3n) is 3.93. The number of halogens is 1. The van der Waals surface area contributed by atoms with Crippen LogP contribution in [0.1, 0.15) is 32.6 Å². The first-order valence-corrected chi connectivity index (χ1v) is 8.19. The molecule has 0 spiro atoms. The lowest BCUT2D eigenvalue weighted by atomic mass is 9.86. The largest absolute Gasteiger partial charge is 0.484 e. The SMILES string of the molecule is C[C@@H]1CCCC[C@@H]1NC(=S)NNC(=O)COc1ccc(F)cc1. The molecule has 0 heterocycles. The molecule has 0 radical (unpaired) electrons. The number of hydrogen-bond donors (Lipinski definition) is 3. The molecule has 0 aromatic heterocycles. The number of hydrazine groups is 1. The standard InChI is InChI=1S/C16H22FN3O2S/c1-11-4-2-3-5-14(11)18-16(23)20-19-15(21)10-22-13-8-6-12(17)7-9-13/h6-9,11,14H,2-5,10H2,1H3,(H,19,21)(H2,18,20,23)/t11-,14+/m1/s1. The summed E-state index contributed by atoms with van der Waals surface area (Å²) in [6, 6.07) is 5.82. The Morgan fingerprint density at radius 1 is 1.26 bits per heavy atom. The first kappa shape index (κ1) is 17.5. The lowest BCUT2D eigenvalue weighted by molar-refractivity contribution is -0.123. The van der Waals surface area contributed by atoms with Crippen molar-refractivity contribution >= 4 is 23.2 Å². The van der Waals surface area contributed by atoms with Crippen LogP contribution < -0.4 is 20.9 Å². The van der Waals surface area contributed by atoms with Gasteiger partial charge in [0, 0.05) is 6.04 Å². The Morgan fingerprint density at radius 2 is 1.96 bits per heavy atom. The van der Waals surface area contributed by atoms with E-state index in [4.69, 9.17) is 17.0 Å². The molecule has 7 heteroatoms. The molecule has 0 aliphatic heterocycles. The van der Waals surface area contributed by atoms with Gasteiger partial charge in [0.1, 0.15) is 11.6 Å². The Balaban J connectivity index is 1.65. The van der Waals surface area contributed by atoms with Gasteiger partial charge in [0.05, 0.1) is 0 Å². The summed E-state index contributed by atoms with van der Waals surface area (Å²) in [6.07, 6.45) is 4.74. The maximum Gasteiger partial charge on any atom is 0.276 e. The molecule has 5 nitrogen and oxygen atoms in total.